The lowest BCUT2D eigenvalue weighted by atomic mass is 9.78. The van der Waals surface area contributed by atoms with Crippen LogP contribution in [-0.2, 0) is 0 Å². The minimum absolute atomic E-state index is 0.625. The molecule has 0 spiro atoms. The van der Waals surface area contributed by atoms with E-state index in [1.54, 1.807) is 0 Å². The fraction of sp³-hybridized carbons (Fsp3) is 1.00. The molecule has 3 heteroatoms. The fourth-order valence-electron chi connectivity index (χ4n) is 4.30. The molecular formula is C15H28N2S. The number of hydrogen-bond acceptors (Lipinski definition) is 3. The highest BCUT2D eigenvalue weighted by molar-refractivity contribution is 8.00. The van der Waals surface area contributed by atoms with Crippen molar-refractivity contribution < 1.29 is 0 Å². The largest absolute Gasteiger partial charge is 0.317 e. The zero-order valence-corrected chi connectivity index (χ0v) is 12.8. The van der Waals surface area contributed by atoms with E-state index in [1.165, 1.54) is 57.9 Å². The van der Waals surface area contributed by atoms with Gasteiger partial charge in [0.1, 0.15) is 0 Å². The van der Waals surface area contributed by atoms with Crippen molar-refractivity contribution in [2.24, 2.45) is 0 Å². The number of rotatable bonds is 4. The predicted molar refractivity (Wildman–Crippen MR) is 80.3 cm³/mol. The Morgan fingerprint density at radius 3 is 2.28 bits per heavy atom. The maximum Gasteiger partial charge on any atom is 0.0284 e. The Morgan fingerprint density at radius 1 is 1.17 bits per heavy atom. The van der Waals surface area contributed by atoms with Gasteiger partial charge >= 0.3 is 0 Å². The second-order valence-corrected chi connectivity index (χ2v) is 7.88. The highest BCUT2D eigenvalue weighted by atomic mass is 32.2. The smallest absolute Gasteiger partial charge is 0.0284 e. The minimum Gasteiger partial charge on any atom is -0.317 e. The topological polar surface area (TPSA) is 15.3 Å². The van der Waals surface area contributed by atoms with Crippen LogP contribution in [0.2, 0.25) is 0 Å². The number of fused-ring (bicyclic) bond motifs is 2. The fourth-order valence-corrected chi connectivity index (χ4v) is 5.28. The lowest BCUT2D eigenvalue weighted by molar-refractivity contribution is 0.0102. The molecule has 0 amide bonds. The summed E-state index contributed by atoms with van der Waals surface area (Å²) in [7, 11) is 2.14. The highest BCUT2D eigenvalue weighted by Gasteiger charge is 2.44. The molecule has 104 valence electrons. The van der Waals surface area contributed by atoms with Crippen molar-refractivity contribution in [3.63, 3.8) is 0 Å². The molecule has 2 saturated heterocycles. The Bertz CT molecular complexity index is 271. The van der Waals surface area contributed by atoms with E-state index in [9.17, 15) is 0 Å². The first-order chi connectivity index (χ1) is 8.76. The molecule has 3 rings (SSSR count). The molecule has 3 aliphatic rings. The van der Waals surface area contributed by atoms with Crippen LogP contribution >= 0.6 is 11.8 Å². The van der Waals surface area contributed by atoms with Crippen molar-refractivity contribution in [3.8, 4) is 0 Å². The van der Waals surface area contributed by atoms with Crippen LogP contribution < -0.4 is 5.32 Å². The summed E-state index contributed by atoms with van der Waals surface area (Å²) in [5.74, 6) is 0. The number of hydrogen-bond donors (Lipinski definition) is 1. The van der Waals surface area contributed by atoms with E-state index in [0.29, 0.717) is 4.75 Å². The summed E-state index contributed by atoms with van der Waals surface area (Å²) in [4.78, 5) is 2.91. The van der Waals surface area contributed by atoms with Crippen molar-refractivity contribution >= 4 is 11.8 Å². The predicted octanol–water partition coefficient (Wildman–Crippen LogP) is 2.88. The van der Waals surface area contributed by atoms with Crippen LogP contribution in [0.1, 0.15) is 51.4 Å². The summed E-state index contributed by atoms with van der Waals surface area (Å²) in [6, 6.07) is 2.53. The van der Waals surface area contributed by atoms with E-state index in [4.69, 9.17) is 0 Å². The van der Waals surface area contributed by atoms with Gasteiger partial charge in [0, 0.05) is 29.4 Å². The third kappa shape index (κ3) is 2.34. The SMILES string of the molecule is CNC1CC2CCCC(C1)N2CC1(SC)CCC1. The van der Waals surface area contributed by atoms with Crippen molar-refractivity contribution in [1.29, 1.82) is 0 Å². The first-order valence-electron chi connectivity index (χ1n) is 7.74. The first-order valence-corrected chi connectivity index (χ1v) is 8.97. The van der Waals surface area contributed by atoms with Gasteiger partial charge in [0.25, 0.3) is 0 Å². The third-order valence-electron chi connectivity index (χ3n) is 5.70. The average molecular weight is 268 g/mol. The number of nitrogens with one attached hydrogen (secondary N) is 1. The molecule has 2 unspecified atom stereocenters. The van der Waals surface area contributed by atoms with Crippen LogP contribution in [0, 0.1) is 0 Å². The standard InChI is InChI=1S/C15H28N2S/c1-16-12-9-13-5-3-6-14(10-12)17(13)11-15(18-2)7-4-8-15/h12-14,16H,3-11H2,1-2H3. The average Bonchev–Trinajstić information content (AvgIpc) is 2.33. The van der Waals surface area contributed by atoms with Crippen molar-refractivity contribution in [1.82, 2.24) is 10.2 Å². The lowest BCUT2D eigenvalue weighted by Gasteiger charge is -2.54. The quantitative estimate of drug-likeness (QED) is 0.844. The van der Waals surface area contributed by atoms with E-state index in [1.807, 2.05) is 0 Å². The molecule has 0 aromatic carbocycles. The van der Waals surface area contributed by atoms with Crippen LogP contribution in [0.3, 0.4) is 0 Å². The Kier molecular flexibility index (Phi) is 3.93. The molecule has 2 nitrogen and oxygen atoms in total. The van der Waals surface area contributed by atoms with Gasteiger partial charge in [0.15, 0.2) is 0 Å². The summed E-state index contributed by atoms with van der Waals surface area (Å²) in [5.41, 5.74) is 0. The van der Waals surface area contributed by atoms with Gasteiger partial charge in [-0.3, -0.25) is 4.90 Å². The number of thioether (sulfide) groups is 1. The lowest BCUT2D eigenvalue weighted by Crippen LogP contribution is -2.60. The first kappa shape index (κ1) is 13.3. The second-order valence-electron chi connectivity index (χ2n) is 6.61. The summed E-state index contributed by atoms with van der Waals surface area (Å²) in [6.07, 6.45) is 13.8. The highest BCUT2D eigenvalue weighted by Crippen LogP contribution is 2.46. The molecule has 1 saturated carbocycles. The molecular weight excluding hydrogens is 240 g/mol. The number of nitrogens with zero attached hydrogens (tertiary/aromatic N) is 1. The molecule has 2 bridgehead atoms. The van der Waals surface area contributed by atoms with Crippen LogP contribution in [0.25, 0.3) is 0 Å². The van der Waals surface area contributed by atoms with Gasteiger partial charge in [0.05, 0.1) is 0 Å². The van der Waals surface area contributed by atoms with Crippen LogP contribution in [0.15, 0.2) is 0 Å². The van der Waals surface area contributed by atoms with E-state index < -0.39 is 0 Å². The molecule has 2 aliphatic heterocycles. The summed E-state index contributed by atoms with van der Waals surface area (Å²) in [5, 5.41) is 3.53. The molecule has 0 radical (unpaired) electrons. The van der Waals surface area contributed by atoms with E-state index in [0.717, 1.165) is 18.1 Å². The van der Waals surface area contributed by atoms with Crippen LogP contribution in [0.4, 0.5) is 0 Å². The van der Waals surface area contributed by atoms with Crippen LogP contribution in [-0.4, -0.2) is 47.6 Å². The van der Waals surface area contributed by atoms with Gasteiger partial charge in [0.2, 0.25) is 0 Å². The van der Waals surface area contributed by atoms with Gasteiger partial charge in [-0.05, 0) is 51.8 Å². The zero-order chi connectivity index (χ0) is 12.6. The molecule has 2 heterocycles. The molecule has 0 aromatic rings. The molecule has 2 atom stereocenters. The van der Waals surface area contributed by atoms with Crippen LogP contribution in [0.5, 0.6) is 0 Å². The van der Waals surface area contributed by atoms with E-state index in [2.05, 4.69) is 35.3 Å². The minimum atomic E-state index is 0.625. The van der Waals surface area contributed by atoms with Gasteiger partial charge < -0.3 is 5.32 Å². The molecule has 1 N–H and O–H groups in total. The maximum absolute atomic E-state index is 3.53. The Morgan fingerprint density at radius 2 is 1.83 bits per heavy atom. The monoisotopic (exact) mass is 268 g/mol. The number of piperidine rings is 2. The zero-order valence-electron chi connectivity index (χ0n) is 12.0. The molecule has 0 aromatic heterocycles. The Labute approximate surface area is 116 Å². The van der Waals surface area contributed by atoms with Gasteiger partial charge in [-0.25, -0.2) is 0 Å². The van der Waals surface area contributed by atoms with E-state index >= 15 is 0 Å². The molecule has 3 fully saturated rings. The third-order valence-corrected chi connectivity index (χ3v) is 7.11. The van der Waals surface area contributed by atoms with Gasteiger partial charge in [-0.2, -0.15) is 11.8 Å². The van der Waals surface area contributed by atoms with E-state index in [-0.39, 0.29) is 0 Å². The van der Waals surface area contributed by atoms with Crippen molar-refractivity contribution in [2.45, 2.75) is 74.2 Å². The Hall–Kier alpha value is 0.270. The molecule has 1 aliphatic carbocycles. The van der Waals surface area contributed by atoms with Gasteiger partial charge in [-0.15, -0.1) is 0 Å². The second kappa shape index (κ2) is 5.34. The van der Waals surface area contributed by atoms with Gasteiger partial charge in [-0.1, -0.05) is 12.8 Å². The summed E-state index contributed by atoms with van der Waals surface area (Å²) >= 11 is 2.14. The van der Waals surface area contributed by atoms with Crippen molar-refractivity contribution in [3.05, 3.63) is 0 Å². The van der Waals surface area contributed by atoms with Crippen molar-refractivity contribution in [2.75, 3.05) is 19.8 Å². The molecule has 18 heavy (non-hydrogen) atoms. The summed E-state index contributed by atoms with van der Waals surface area (Å²) < 4.78 is 0.625. The maximum atomic E-state index is 3.53. The normalized spacial score (nSPS) is 39.3. The summed E-state index contributed by atoms with van der Waals surface area (Å²) in [6.45, 7) is 1.37. The Balaban J connectivity index is 1.68.